The molecule has 0 heterocycles. The molecule has 0 radical (unpaired) electrons. The van der Waals surface area contributed by atoms with E-state index in [9.17, 15) is 0 Å². The van der Waals surface area contributed by atoms with Crippen molar-refractivity contribution in [2.75, 3.05) is 27.9 Å². The van der Waals surface area contributed by atoms with E-state index in [1.54, 1.807) is 21.3 Å². The third kappa shape index (κ3) is 3.43. The Morgan fingerprint density at radius 2 is 1.62 bits per heavy atom. The van der Waals surface area contributed by atoms with Crippen LogP contribution in [0.5, 0.6) is 17.2 Å². The molecule has 4 heteroatoms. The molecule has 21 heavy (non-hydrogen) atoms. The van der Waals surface area contributed by atoms with Crippen molar-refractivity contribution in [3.8, 4) is 17.2 Å². The lowest BCUT2D eigenvalue weighted by Crippen LogP contribution is -2.27. The summed E-state index contributed by atoms with van der Waals surface area (Å²) in [6.45, 7) is 6.51. The van der Waals surface area contributed by atoms with Crippen LogP contribution in [0, 0.1) is 11.3 Å². The number of methoxy groups -OCH3 is 3. The second-order valence-electron chi connectivity index (χ2n) is 6.15. The van der Waals surface area contributed by atoms with Gasteiger partial charge in [-0.05, 0) is 41.9 Å². The summed E-state index contributed by atoms with van der Waals surface area (Å²) in [6.07, 6.45) is 2.68. The molecule has 0 spiro atoms. The average molecular weight is 293 g/mol. The number of rotatable bonds is 8. The van der Waals surface area contributed by atoms with Gasteiger partial charge in [0.2, 0.25) is 5.75 Å². The topological polar surface area (TPSA) is 39.7 Å². The summed E-state index contributed by atoms with van der Waals surface area (Å²) in [7, 11) is 4.91. The van der Waals surface area contributed by atoms with Gasteiger partial charge in [0.15, 0.2) is 11.5 Å². The second-order valence-corrected chi connectivity index (χ2v) is 6.15. The molecule has 1 N–H and O–H groups in total. The molecule has 0 aliphatic heterocycles. The third-order valence-electron chi connectivity index (χ3n) is 4.65. The Bertz CT molecular complexity index is 456. The molecule has 0 aromatic heterocycles. The van der Waals surface area contributed by atoms with E-state index in [1.165, 1.54) is 12.8 Å². The fourth-order valence-corrected chi connectivity index (χ4v) is 2.81. The monoisotopic (exact) mass is 293 g/mol. The molecule has 1 aliphatic carbocycles. The summed E-state index contributed by atoms with van der Waals surface area (Å²) in [5, 5.41) is 3.57. The Morgan fingerprint density at radius 1 is 1.05 bits per heavy atom. The first kappa shape index (κ1) is 16.0. The Labute approximate surface area is 127 Å². The van der Waals surface area contributed by atoms with Crippen molar-refractivity contribution in [1.82, 2.24) is 5.32 Å². The van der Waals surface area contributed by atoms with Crippen LogP contribution in [-0.2, 0) is 6.54 Å². The smallest absolute Gasteiger partial charge is 0.203 e. The predicted octanol–water partition coefficient (Wildman–Crippen LogP) is 3.24. The zero-order chi connectivity index (χ0) is 15.5. The summed E-state index contributed by atoms with van der Waals surface area (Å²) in [5.74, 6) is 2.80. The Kier molecular flexibility index (Phi) is 4.99. The van der Waals surface area contributed by atoms with Gasteiger partial charge in [0.25, 0.3) is 0 Å². The molecule has 118 valence electrons. The van der Waals surface area contributed by atoms with Crippen molar-refractivity contribution in [2.45, 2.75) is 33.2 Å². The van der Waals surface area contributed by atoms with Crippen LogP contribution in [0.4, 0.5) is 0 Å². The van der Waals surface area contributed by atoms with E-state index in [-0.39, 0.29) is 0 Å². The van der Waals surface area contributed by atoms with Gasteiger partial charge in [0.1, 0.15) is 0 Å². The van der Waals surface area contributed by atoms with Crippen LogP contribution in [-0.4, -0.2) is 27.9 Å². The minimum Gasteiger partial charge on any atom is -0.493 e. The Hall–Kier alpha value is -1.42. The van der Waals surface area contributed by atoms with Gasteiger partial charge in [-0.15, -0.1) is 0 Å². The molecule has 0 bridgehead atoms. The van der Waals surface area contributed by atoms with E-state index in [0.717, 1.165) is 24.6 Å². The van der Waals surface area contributed by atoms with Gasteiger partial charge in [0, 0.05) is 13.1 Å². The Morgan fingerprint density at radius 3 is 2.00 bits per heavy atom. The van der Waals surface area contributed by atoms with E-state index < -0.39 is 0 Å². The number of hydrogen-bond donors (Lipinski definition) is 1. The highest BCUT2D eigenvalue weighted by Gasteiger charge is 2.44. The molecular weight excluding hydrogens is 266 g/mol. The molecule has 1 fully saturated rings. The fourth-order valence-electron chi connectivity index (χ4n) is 2.81. The first-order valence-electron chi connectivity index (χ1n) is 7.56. The first-order valence-corrected chi connectivity index (χ1v) is 7.56. The quantitative estimate of drug-likeness (QED) is 0.799. The molecule has 4 nitrogen and oxygen atoms in total. The maximum Gasteiger partial charge on any atom is 0.203 e. The van der Waals surface area contributed by atoms with Gasteiger partial charge in [-0.3, -0.25) is 0 Å². The van der Waals surface area contributed by atoms with Gasteiger partial charge in [0.05, 0.1) is 21.3 Å². The number of benzene rings is 1. The van der Waals surface area contributed by atoms with Crippen LogP contribution in [0.25, 0.3) is 0 Å². The zero-order valence-electron chi connectivity index (χ0n) is 13.8. The molecule has 1 aromatic carbocycles. The minimum absolute atomic E-state index is 0.515. The Balaban J connectivity index is 2.03. The zero-order valence-corrected chi connectivity index (χ0v) is 13.8. The molecule has 0 saturated heterocycles. The number of ether oxygens (including phenoxy) is 3. The molecule has 1 aromatic rings. The molecular formula is C17H27NO3. The summed E-state index contributed by atoms with van der Waals surface area (Å²) in [5.41, 5.74) is 1.66. The normalized spacial score (nSPS) is 15.9. The highest BCUT2D eigenvalue weighted by atomic mass is 16.5. The van der Waals surface area contributed by atoms with Crippen molar-refractivity contribution in [2.24, 2.45) is 11.3 Å². The summed E-state index contributed by atoms with van der Waals surface area (Å²) >= 11 is 0. The van der Waals surface area contributed by atoms with Crippen LogP contribution in [0.1, 0.15) is 32.3 Å². The van der Waals surface area contributed by atoms with Gasteiger partial charge < -0.3 is 19.5 Å². The molecule has 2 rings (SSSR count). The van der Waals surface area contributed by atoms with E-state index in [4.69, 9.17) is 14.2 Å². The first-order chi connectivity index (χ1) is 10.1. The summed E-state index contributed by atoms with van der Waals surface area (Å²) in [6, 6.07) is 4.01. The SMILES string of the molecule is COc1cc(CNCC2(C(C)C)CC2)cc(OC)c1OC. The summed E-state index contributed by atoms with van der Waals surface area (Å²) < 4.78 is 16.1. The molecule has 0 amide bonds. The van der Waals surface area contributed by atoms with Crippen molar-refractivity contribution < 1.29 is 14.2 Å². The fraction of sp³-hybridized carbons (Fsp3) is 0.647. The van der Waals surface area contributed by atoms with Gasteiger partial charge in [-0.25, -0.2) is 0 Å². The lowest BCUT2D eigenvalue weighted by Gasteiger charge is -2.20. The van der Waals surface area contributed by atoms with Crippen LogP contribution in [0.3, 0.4) is 0 Å². The van der Waals surface area contributed by atoms with Crippen molar-refractivity contribution in [3.05, 3.63) is 17.7 Å². The van der Waals surface area contributed by atoms with E-state index >= 15 is 0 Å². The van der Waals surface area contributed by atoms with E-state index in [0.29, 0.717) is 22.7 Å². The van der Waals surface area contributed by atoms with Gasteiger partial charge >= 0.3 is 0 Å². The van der Waals surface area contributed by atoms with Crippen LogP contribution in [0.2, 0.25) is 0 Å². The third-order valence-corrected chi connectivity index (χ3v) is 4.65. The molecule has 0 unspecified atom stereocenters. The number of hydrogen-bond acceptors (Lipinski definition) is 4. The van der Waals surface area contributed by atoms with E-state index in [2.05, 4.69) is 19.2 Å². The van der Waals surface area contributed by atoms with Gasteiger partial charge in [-0.1, -0.05) is 13.8 Å². The van der Waals surface area contributed by atoms with Crippen molar-refractivity contribution in [3.63, 3.8) is 0 Å². The van der Waals surface area contributed by atoms with Crippen LogP contribution in [0.15, 0.2) is 12.1 Å². The van der Waals surface area contributed by atoms with Crippen LogP contribution < -0.4 is 19.5 Å². The van der Waals surface area contributed by atoms with Crippen molar-refractivity contribution in [1.29, 1.82) is 0 Å². The molecule has 1 saturated carbocycles. The predicted molar refractivity (Wildman–Crippen MR) is 84.3 cm³/mol. The highest BCUT2D eigenvalue weighted by Crippen LogP contribution is 2.51. The van der Waals surface area contributed by atoms with Crippen molar-refractivity contribution >= 4 is 0 Å². The maximum atomic E-state index is 5.38. The summed E-state index contributed by atoms with van der Waals surface area (Å²) in [4.78, 5) is 0. The minimum atomic E-state index is 0.515. The highest BCUT2D eigenvalue weighted by molar-refractivity contribution is 5.53. The molecule has 0 atom stereocenters. The lowest BCUT2D eigenvalue weighted by atomic mass is 9.92. The molecule has 1 aliphatic rings. The van der Waals surface area contributed by atoms with Gasteiger partial charge in [-0.2, -0.15) is 0 Å². The lowest BCUT2D eigenvalue weighted by molar-refractivity contribution is 0.322. The van der Waals surface area contributed by atoms with E-state index in [1.807, 2.05) is 12.1 Å². The number of nitrogens with one attached hydrogen (secondary N) is 1. The average Bonchev–Trinajstić information content (AvgIpc) is 3.27. The largest absolute Gasteiger partial charge is 0.493 e. The van der Waals surface area contributed by atoms with Crippen LogP contribution >= 0.6 is 0 Å². The second kappa shape index (κ2) is 6.56. The maximum absolute atomic E-state index is 5.38. The standard InChI is InChI=1S/C17H27NO3/c1-12(2)17(6-7-17)11-18-10-13-8-14(19-3)16(21-5)15(9-13)20-4/h8-9,12,18H,6-7,10-11H2,1-5H3.